The molecule has 0 radical (unpaired) electrons. The van der Waals surface area contributed by atoms with Crippen molar-refractivity contribution in [2.45, 2.75) is 37.5 Å². The van der Waals surface area contributed by atoms with Gasteiger partial charge in [0.05, 0.1) is 12.0 Å². The van der Waals surface area contributed by atoms with Crippen molar-refractivity contribution in [1.29, 1.82) is 0 Å². The Morgan fingerprint density at radius 3 is 1.73 bits per heavy atom. The number of benzene rings is 3. The number of imidazole rings is 1. The van der Waals surface area contributed by atoms with Gasteiger partial charge in [-0.25, -0.2) is 4.98 Å². The van der Waals surface area contributed by atoms with Crippen LogP contribution in [0.4, 0.5) is 0 Å². The second-order valence-electron chi connectivity index (χ2n) is 8.30. The summed E-state index contributed by atoms with van der Waals surface area (Å²) >= 11 is 0. The minimum absolute atomic E-state index is 0.135. The topological polar surface area (TPSA) is 36.3 Å². The fourth-order valence-electron chi connectivity index (χ4n) is 4.69. The summed E-state index contributed by atoms with van der Waals surface area (Å²) in [5.41, 5.74) is 4.19. The molecule has 0 atom stereocenters. The highest BCUT2D eigenvalue weighted by Crippen LogP contribution is 2.40. The van der Waals surface area contributed by atoms with Crippen LogP contribution in [0.1, 0.15) is 41.6 Å². The van der Waals surface area contributed by atoms with Gasteiger partial charge in [-0.1, -0.05) is 91.0 Å². The van der Waals surface area contributed by atoms with Crippen molar-refractivity contribution < 1.29 is 9.47 Å². The first-order valence-corrected chi connectivity index (χ1v) is 11.5. The number of ether oxygens (including phenoxy) is 2. The smallest absolute Gasteiger partial charge is 0.239 e. The maximum absolute atomic E-state index is 5.38. The van der Waals surface area contributed by atoms with Crippen LogP contribution in [-0.2, 0) is 21.4 Å². The summed E-state index contributed by atoms with van der Waals surface area (Å²) in [6.07, 6.45) is 11.1. The van der Waals surface area contributed by atoms with Crippen molar-refractivity contribution in [2.24, 2.45) is 0 Å². The Morgan fingerprint density at radius 2 is 1.21 bits per heavy atom. The van der Waals surface area contributed by atoms with E-state index in [1.54, 1.807) is 12.5 Å². The molecule has 0 saturated heterocycles. The molecular weight excluding hydrogens is 408 g/mol. The van der Waals surface area contributed by atoms with Crippen LogP contribution in [0.25, 0.3) is 0 Å². The van der Waals surface area contributed by atoms with Gasteiger partial charge in [0.1, 0.15) is 18.1 Å². The van der Waals surface area contributed by atoms with E-state index in [-0.39, 0.29) is 6.29 Å². The Hall–Kier alpha value is -3.79. The Labute approximate surface area is 195 Å². The average molecular weight is 437 g/mol. The number of aryl methyl sites for hydroxylation is 1. The summed E-state index contributed by atoms with van der Waals surface area (Å²) in [6, 6.07) is 32.1. The highest BCUT2D eigenvalue weighted by molar-refractivity contribution is 5.50. The van der Waals surface area contributed by atoms with E-state index < -0.39 is 5.54 Å². The van der Waals surface area contributed by atoms with Crippen molar-refractivity contribution >= 4 is 0 Å². The Balaban J connectivity index is 1.50. The molecule has 5 rings (SSSR count). The first kappa shape index (κ1) is 21.1. The van der Waals surface area contributed by atoms with E-state index in [0.29, 0.717) is 0 Å². The van der Waals surface area contributed by atoms with E-state index in [1.807, 2.05) is 6.33 Å². The lowest BCUT2D eigenvalue weighted by Crippen LogP contribution is -2.36. The van der Waals surface area contributed by atoms with Crippen LogP contribution in [-0.4, -0.2) is 15.8 Å². The molecule has 0 aliphatic carbocycles. The molecule has 1 aromatic heterocycles. The van der Waals surface area contributed by atoms with Gasteiger partial charge in [-0.2, -0.15) is 0 Å². The second-order valence-corrected chi connectivity index (χ2v) is 8.30. The lowest BCUT2D eigenvalue weighted by atomic mass is 9.77. The zero-order valence-electron chi connectivity index (χ0n) is 18.6. The fraction of sp³-hybridized carbons (Fsp3) is 0.207. The van der Waals surface area contributed by atoms with Crippen molar-refractivity contribution in [3.63, 3.8) is 0 Å². The molecule has 4 heteroatoms. The van der Waals surface area contributed by atoms with Gasteiger partial charge in [0, 0.05) is 12.6 Å². The van der Waals surface area contributed by atoms with Crippen molar-refractivity contribution in [3.8, 4) is 0 Å². The molecule has 0 fully saturated rings. The predicted molar refractivity (Wildman–Crippen MR) is 129 cm³/mol. The standard InChI is InChI=1S/C29H28N2O2/c1-4-12-24(13-5-1)29(25-14-6-2-7-15-25,26-16-8-3-9-17-26)31-22-27(30-23-31)18-10-11-19-28-32-20-21-33-28/h1-9,12-17,20-23,28H,10-11,18-19H2. The minimum atomic E-state index is -0.508. The maximum Gasteiger partial charge on any atom is 0.239 e. The maximum atomic E-state index is 5.38. The molecule has 3 aromatic carbocycles. The molecule has 1 aliphatic rings. The van der Waals surface area contributed by atoms with Crippen LogP contribution in [0.3, 0.4) is 0 Å². The van der Waals surface area contributed by atoms with Crippen LogP contribution in [0.15, 0.2) is 116 Å². The van der Waals surface area contributed by atoms with Gasteiger partial charge in [0.25, 0.3) is 0 Å². The third-order valence-corrected chi connectivity index (χ3v) is 6.24. The molecule has 1 aliphatic heterocycles. The van der Waals surface area contributed by atoms with E-state index in [1.165, 1.54) is 16.7 Å². The van der Waals surface area contributed by atoms with Crippen molar-refractivity contribution in [3.05, 3.63) is 138 Å². The number of aromatic nitrogens is 2. The molecule has 0 N–H and O–H groups in total. The Bertz CT molecular complexity index is 1070. The highest BCUT2D eigenvalue weighted by atomic mass is 16.7. The SMILES string of the molecule is C1=COC(CCCCc2cn(C(c3ccccc3)(c3ccccc3)c3ccccc3)cn2)O1. The normalized spacial score (nSPS) is 13.6. The predicted octanol–water partition coefficient (Wildman–Crippen LogP) is 6.28. The number of unbranched alkanes of at least 4 members (excludes halogenated alkanes) is 1. The van der Waals surface area contributed by atoms with E-state index >= 15 is 0 Å². The number of hydrogen-bond donors (Lipinski definition) is 0. The van der Waals surface area contributed by atoms with Gasteiger partial charge >= 0.3 is 0 Å². The first-order valence-electron chi connectivity index (χ1n) is 11.5. The van der Waals surface area contributed by atoms with Gasteiger partial charge in [-0.3, -0.25) is 0 Å². The summed E-state index contributed by atoms with van der Waals surface area (Å²) in [7, 11) is 0. The lowest BCUT2D eigenvalue weighted by molar-refractivity contribution is -0.0294. The zero-order chi connectivity index (χ0) is 22.3. The third-order valence-electron chi connectivity index (χ3n) is 6.24. The Morgan fingerprint density at radius 1 is 0.697 bits per heavy atom. The molecule has 33 heavy (non-hydrogen) atoms. The van der Waals surface area contributed by atoms with E-state index in [9.17, 15) is 0 Å². The molecule has 2 heterocycles. The Kier molecular flexibility index (Phi) is 6.25. The molecule has 0 amide bonds. The van der Waals surface area contributed by atoms with Gasteiger partial charge in [0.2, 0.25) is 6.29 Å². The lowest BCUT2D eigenvalue weighted by Gasteiger charge is -2.37. The average Bonchev–Trinajstić information content (AvgIpc) is 3.57. The van der Waals surface area contributed by atoms with Gasteiger partial charge in [-0.05, 0) is 36.0 Å². The molecular formula is C29H28N2O2. The van der Waals surface area contributed by atoms with Gasteiger partial charge < -0.3 is 14.0 Å². The molecule has 0 saturated carbocycles. The van der Waals surface area contributed by atoms with Gasteiger partial charge in [-0.15, -0.1) is 0 Å². The molecule has 0 unspecified atom stereocenters. The van der Waals surface area contributed by atoms with Crippen LogP contribution in [0, 0.1) is 0 Å². The summed E-state index contributed by atoms with van der Waals surface area (Å²) < 4.78 is 13.0. The van der Waals surface area contributed by atoms with Crippen molar-refractivity contribution in [1.82, 2.24) is 9.55 Å². The molecule has 0 bridgehead atoms. The summed E-state index contributed by atoms with van der Waals surface area (Å²) in [5, 5.41) is 0. The van der Waals surface area contributed by atoms with E-state index in [4.69, 9.17) is 14.5 Å². The van der Waals surface area contributed by atoms with E-state index in [0.717, 1.165) is 31.4 Å². The van der Waals surface area contributed by atoms with Gasteiger partial charge in [0.15, 0.2) is 0 Å². The van der Waals surface area contributed by atoms with Crippen LogP contribution in [0.2, 0.25) is 0 Å². The quantitative estimate of drug-likeness (QED) is 0.229. The summed E-state index contributed by atoms with van der Waals surface area (Å²) in [4.78, 5) is 4.82. The second kappa shape index (κ2) is 9.78. The van der Waals surface area contributed by atoms with Crippen molar-refractivity contribution in [2.75, 3.05) is 0 Å². The first-order chi connectivity index (χ1) is 16.4. The monoisotopic (exact) mass is 436 g/mol. The largest absolute Gasteiger partial charge is 0.459 e. The number of rotatable bonds is 9. The summed E-state index contributed by atoms with van der Waals surface area (Å²) in [6.45, 7) is 0. The van der Waals surface area contributed by atoms with E-state index in [2.05, 4.69) is 102 Å². The molecule has 4 aromatic rings. The highest BCUT2D eigenvalue weighted by Gasteiger charge is 2.38. The van der Waals surface area contributed by atoms with Crippen LogP contribution in [0.5, 0.6) is 0 Å². The van der Waals surface area contributed by atoms with Crippen LogP contribution >= 0.6 is 0 Å². The van der Waals surface area contributed by atoms with Crippen LogP contribution < -0.4 is 0 Å². The number of hydrogen-bond acceptors (Lipinski definition) is 3. The number of nitrogens with zero attached hydrogens (tertiary/aromatic N) is 2. The summed E-state index contributed by atoms with van der Waals surface area (Å²) in [5.74, 6) is 0. The molecule has 0 spiro atoms. The fourth-order valence-corrected chi connectivity index (χ4v) is 4.69. The zero-order valence-corrected chi connectivity index (χ0v) is 18.6. The molecule has 166 valence electrons. The third kappa shape index (κ3) is 4.29. The molecule has 4 nitrogen and oxygen atoms in total. The minimum Gasteiger partial charge on any atom is -0.459 e.